The fraction of sp³-hybridized carbons (Fsp3) is 0.353. The van der Waals surface area contributed by atoms with Crippen LogP contribution in [0.4, 0.5) is 19.0 Å². The molecule has 5 nitrogen and oxygen atoms in total. The standard InChI is InChI=1S/C15H15N3S2.C2HF3O2/c1-12-17-14(11-20-12)4-2-13-3-5-15(16-10-13)18-6-8-19-9-7-18;3-2(4,5)1(6)7/h3,5,10-11H,6-9H2,1H3;(H,6,7). The number of halogens is 3. The van der Waals surface area contributed by atoms with Gasteiger partial charge in [-0.3, -0.25) is 0 Å². The summed E-state index contributed by atoms with van der Waals surface area (Å²) in [6.07, 6.45) is -3.23. The van der Waals surface area contributed by atoms with E-state index in [0.717, 1.165) is 35.2 Å². The predicted octanol–water partition coefficient (Wildman–Crippen LogP) is 3.43. The lowest BCUT2D eigenvalue weighted by molar-refractivity contribution is -0.192. The van der Waals surface area contributed by atoms with Gasteiger partial charge in [-0.15, -0.1) is 11.3 Å². The van der Waals surface area contributed by atoms with Crippen LogP contribution in [0.15, 0.2) is 23.7 Å². The number of thiazole rings is 1. The second-order valence-electron chi connectivity index (χ2n) is 5.31. The number of anilines is 1. The molecule has 0 radical (unpaired) electrons. The van der Waals surface area contributed by atoms with Crippen molar-refractivity contribution in [3.05, 3.63) is 40.0 Å². The largest absolute Gasteiger partial charge is 0.490 e. The Balaban J connectivity index is 0.000000321. The quantitative estimate of drug-likeness (QED) is 0.720. The van der Waals surface area contributed by atoms with Crippen molar-refractivity contribution in [2.24, 2.45) is 0 Å². The number of aliphatic carboxylic acids is 1. The molecule has 0 unspecified atom stereocenters. The Hall–Kier alpha value is -2.25. The molecule has 1 N–H and O–H groups in total. The zero-order chi connectivity index (χ0) is 19.9. The Kier molecular flexibility index (Phi) is 7.50. The monoisotopic (exact) mass is 415 g/mol. The Morgan fingerprint density at radius 2 is 1.93 bits per heavy atom. The number of carbonyl (C=O) groups is 1. The zero-order valence-corrected chi connectivity index (χ0v) is 15.9. The molecule has 1 aliphatic heterocycles. The maximum absolute atomic E-state index is 10.6. The van der Waals surface area contributed by atoms with Gasteiger partial charge in [0.2, 0.25) is 0 Å². The van der Waals surface area contributed by atoms with E-state index >= 15 is 0 Å². The minimum absolute atomic E-state index is 0.838. The molecule has 27 heavy (non-hydrogen) atoms. The van der Waals surface area contributed by atoms with Crippen LogP contribution in [0.25, 0.3) is 0 Å². The van der Waals surface area contributed by atoms with E-state index in [0.29, 0.717) is 0 Å². The van der Waals surface area contributed by atoms with Crippen LogP contribution in [0.3, 0.4) is 0 Å². The molecular formula is C17H16F3N3O2S2. The first kappa shape index (κ1) is 21.1. The number of aryl methyl sites for hydroxylation is 1. The van der Waals surface area contributed by atoms with Crippen molar-refractivity contribution in [1.82, 2.24) is 9.97 Å². The minimum Gasteiger partial charge on any atom is -0.475 e. The van der Waals surface area contributed by atoms with Gasteiger partial charge in [-0.1, -0.05) is 5.92 Å². The fourth-order valence-corrected chi connectivity index (χ4v) is 3.44. The lowest BCUT2D eigenvalue weighted by Crippen LogP contribution is -2.32. The Morgan fingerprint density at radius 3 is 2.41 bits per heavy atom. The second kappa shape index (κ2) is 9.62. The van der Waals surface area contributed by atoms with Gasteiger partial charge >= 0.3 is 12.1 Å². The molecule has 1 fully saturated rings. The third kappa shape index (κ3) is 7.11. The maximum atomic E-state index is 10.6. The topological polar surface area (TPSA) is 66.3 Å². The molecule has 1 aliphatic rings. The number of aromatic nitrogens is 2. The van der Waals surface area contributed by atoms with Gasteiger partial charge in [-0.25, -0.2) is 14.8 Å². The SMILES string of the molecule is Cc1nc(C#Cc2ccc(N3CCSCC3)nc2)cs1.O=C(O)C(F)(F)F. The smallest absolute Gasteiger partial charge is 0.475 e. The van der Waals surface area contributed by atoms with E-state index in [1.807, 2.05) is 36.3 Å². The number of nitrogens with zero attached hydrogens (tertiary/aromatic N) is 3. The Morgan fingerprint density at radius 1 is 1.26 bits per heavy atom. The normalized spacial score (nSPS) is 13.9. The van der Waals surface area contributed by atoms with E-state index in [-0.39, 0.29) is 0 Å². The van der Waals surface area contributed by atoms with Crippen molar-refractivity contribution in [2.75, 3.05) is 29.5 Å². The summed E-state index contributed by atoms with van der Waals surface area (Å²) in [5.74, 6) is 6.86. The summed E-state index contributed by atoms with van der Waals surface area (Å²) >= 11 is 3.63. The average molecular weight is 415 g/mol. The number of rotatable bonds is 1. The maximum Gasteiger partial charge on any atom is 0.490 e. The van der Waals surface area contributed by atoms with Crippen molar-refractivity contribution >= 4 is 34.9 Å². The highest BCUT2D eigenvalue weighted by Crippen LogP contribution is 2.17. The van der Waals surface area contributed by atoms with E-state index in [9.17, 15) is 13.2 Å². The Labute approximate surface area is 162 Å². The molecule has 0 spiro atoms. The average Bonchev–Trinajstić information content (AvgIpc) is 3.06. The zero-order valence-electron chi connectivity index (χ0n) is 14.3. The number of pyridine rings is 1. The summed E-state index contributed by atoms with van der Waals surface area (Å²) in [4.78, 5) is 20.1. The van der Waals surface area contributed by atoms with Gasteiger partial charge < -0.3 is 10.0 Å². The van der Waals surface area contributed by atoms with Crippen LogP contribution in [0.2, 0.25) is 0 Å². The highest BCUT2D eigenvalue weighted by atomic mass is 32.2. The van der Waals surface area contributed by atoms with E-state index in [1.54, 1.807) is 11.3 Å². The molecule has 0 amide bonds. The van der Waals surface area contributed by atoms with Crippen LogP contribution < -0.4 is 4.90 Å². The summed E-state index contributed by atoms with van der Waals surface area (Å²) in [5, 5.41) is 10.2. The highest BCUT2D eigenvalue weighted by molar-refractivity contribution is 7.99. The molecule has 1 saturated heterocycles. The van der Waals surface area contributed by atoms with Crippen molar-refractivity contribution < 1.29 is 23.1 Å². The molecule has 0 aliphatic carbocycles. The molecule has 144 valence electrons. The van der Waals surface area contributed by atoms with Gasteiger partial charge in [-0.05, 0) is 25.0 Å². The van der Waals surface area contributed by atoms with Gasteiger partial charge in [0.1, 0.15) is 11.5 Å². The molecule has 0 aromatic carbocycles. The molecule has 2 aromatic rings. The number of carboxylic acids is 1. The van der Waals surface area contributed by atoms with Gasteiger partial charge in [0.15, 0.2) is 0 Å². The highest BCUT2D eigenvalue weighted by Gasteiger charge is 2.38. The summed E-state index contributed by atoms with van der Waals surface area (Å²) in [6, 6.07) is 4.10. The third-order valence-corrected chi connectivity index (χ3v) is 5.00. The molecule has 0 atom stereocenters. The summed E-state index contributed by atoms with van der Waals surface area (Å²) in [5.41, 5.74) is 1.77. The molecule has 2 aromatic heterocycles. The lowest BCUT2D eigenvalue weighted by Gasteiger charge is -2.27. The van der Waals surface area contributed by atoms with Crippen molar-refractivity contribution in [3.63, 3.8) is 0 Å². The molecule has 3 rings (SSSR count). The van der Waals surface area contributed by atoms with Crippen LogP contribution in [-0.4, -0.2) is 51.8 Å². The third-order valence-electron chi connectivity index (χ3n) is 3.28. The van der Waals surface area contributed by atoms with E-state index < -0.39 is 12.1 Å². The van der Waals surface area contributed by atoms with E-state index in [2.05, 4.69) is 32.8 Å². The van der Waals surface area contributed by atoms with E-state index in [1.165, 1.54) is 11.5 Å². The van der Waals surface area contributed by atoms with Crippen LogP contribution >= 0.6 is 23.1 Å². The number of hydrogen-bond donors (Lipinski definition) is 1. The van der Waals surface area contributed by atoms with Gasteiger partial charge in [0.05, 0.1) is 5.01 Å². The first-order chi connectivity index (χ1) is 12.8. The van der Waals surface area contributed by atoms with Crippen LogP contribution in [0, 0.1) is 18.8 Å². The lowest BCUT2D eigenvalue weighted by atomic mass is 10.2. The van der Waals surface area contributed by atoms with Gasteiger partial charge in [-0.2, -0.15) is 24.9 Å². The van der Waals surface area contributed by atoms with Crippen LogP contribution in [0.1, 0.15) is 16.3 Å². The predicted molar refractivity (Wildman–Crippen MR) is 100 cm³/mol. The van der Waals surface area contributed by atoms with E-state index in [4.69, 9.17) is 9.90 Å². The fourth-order valence-electron chi connectivity index (χ4n) is 2.00. The summed E-state index contributed by atoms with van der Waals surface area (Å²) in [7, 11) is 0. The van der Waals surface area contributed by atoms with Crippen molar-refractivity contribution in [3.8, 4) is 11.8 Å². The van der Waals surface area contributed by atoms with Crippen molar-refractivity contribution in [2.45, 2.75) is 13.1 Å². The van der Waals surface area contributed by atoms with Crippen LogP contribution in [0.5, 0.6) is 0 Å². The molecule has 3 heterocycles. The van der Waals surface area contributed by atoms with Gasteiger partial charge in [0, 0.05) is 41.7 Å². The first-order valence-electron chi connectivity index (χ1n) is 7.78. The number of carboxylic acid groups (broad SMARTS) is 1. The number of hydrogen-bond acceptors (Lipinski definition) is 6. The molecule has 0 bridgehead atoms. The molecular weight excluding hydrogens is 399 g/mol. The first-order valence-corrected chi connectivity index (χ1v) is 9.82. The molecule has 10 heteroatoms. The summed E-state index contributed by atoms with van der Waals surface area (Å²) < 4.78 is 31.7. The summed E-state index contributed by atoms with van der Waals surface area (Å²) in [6.45, 7) is 4.16. The number of thioether (sulfide) groups is 1. The molecule has 0 saturated carbocycles. The Bertz CT molecular complexity index is 820. The van der Waals surface area contributed by atoms with Crippen molar-refractivity contribution in [1.29, 1.82) is 0 Å². The van der Waals surface area contributed by atoms with Gasteiger partial charge in [0.25, 0.3) is 0 Å². The van der Waals surface area contributed by atoms with Crippen LogP contribution in [-0.2, 0) is 4.79 Å². The second-order valence-corrected chi connectivity index (χ2v) is 7.60. The minimum atomic E-state index is -5.08. The number of alkyl halides is 3.